The molecular weight excluding hydrogens is 448 g/mol. The van der Waals surface area contributed by atoms with E-state index in [0.717, 1.165) is 16.0 Å². The lowest BCUT2D eigenvalue weighted by molar-refractivity contribution is -0.0528. The number of ether oxygens (including phenoxy) is 1. The van der Waals surface area contributed by atoms with E-state index in [1.54, 1.807) is 36.1 Å². The average molecular weight is 465 g/mol. The number of halogens is 2. The molecule has 2 heterocycles. The standard InChI is InChI=1S/C24H17F2N3O3S/c1-2-3-12-29-18-10-9-16(13-20(18)33-19-7-5-4-6-17(19)23(29)31)28-22(30)15-8-11-21(27-14-15)32-24(25)26/h4-11,13-14,24H,12H2,1H3,(H,28,30). The van der Waals surface area contributed by atoms with Crippen LogP contribution in [0.2, 0.25) is 0 Å². The number of carbonyl (C=O) groups is 2. The van der Waals surface area contributed by atoms with Crippen LogP contribution in [0.25, 0.3) is 0 Å². The van der Waals surface area contributed by atoms with Gasteiger partial charge in [0.05, 0.1) is 23.4 Å². The van der Waals surface area contributed by atoms with Crippen LogP contribution in [0.4, 0.5) is 20.2 Å². The molecule has 2 aromatic carbocycles. The van der Waals surface area contributed by atoms with Crippen molar-refractivity contribution in [3.8, 4) is 17.7 Å². The number of fused-ring (bicyclic) bond motifs is 2. The molecule has 9 heteroatoms. The summed E-state index contributed by atoms with van der Waals surface area (Å²) in [5, 5.41) is 2.77. The highest BCUT2D eigenvalue weighted by Gasteiger charge is 2.27. The number of hydrogen-bond donors (Lipinski definition) is 1. The van der Waals surface area contributed by atoms with Crippen molar-refractivity contribution < 1.29 is 23.1 Å². The van der Waals surface area contributed by atoms with Crippen molar-refractivity contribution in [1.82, 2.24) is 4.98 Å². The Morgan fingerprint density at radius 2 is 2.00 bits per heavy atom. The van der Waals surface area contributed by atoms with Crippen LogP contribution in [0.5, 0.6) is 5.88 Å². The maximum Gasteiger partial charge on any atom is 0.388 e. The Hall–Kier alpha value is -3.90. The molecule has 6 nitrogen and oxygen atoms in total. The van der Waals surface area contributed by atoms with Gasteiger partial charge in [-0.15, -0.1) is 5.92 Å². The molecule has 0 saturated carbocycles. The summed E-state index contributed by atoms with van der Waals surface area (Å²) >= 11 is 1.43. The van der Waals surface area contributed by atoms with Crippen molar-refractivity contribution in [2.24, 2.45) is 0 Å². The van der Waals surface area contributed by atoms with E-state index in [2.05, 4.69) is 26.9 Å². The quantitative estimate of drug-likeness (QED) is 0.533. The minimum Gasteiger partial charge on any atom is -0.417 e. The van der Waals surface area contributed by atoms with Gasteiger partial charge in [-0.05, 0) is 43.3 Å². The number of aromatic nitrogens is 1. The van der Waals surface area contributed by atoms with Gasteiger partial charge in [0.25, 0.3) is 11.8 Å². The summed E-state index contributed by atoms with van der Waals surface area (Å²) in [6.07, 6.45) is 1.16. The van der Waals surface area contributed by atoms with Crippen LogP contribution >= 0.6 is 11.8 Å². The van der Waals surface area contributed by atoms with Crippen molar-refractivity contribution in [2.45, 2.75) is 23.3 Å². The van der Waals surface area contributed by atoms with Crippen LogP contribution < -0.4 is 15.0 Å². The van der Waals surface area contributed by atoms with Gasteiger partial charge in [-0.3, -0.25) is 14.5 Å². The molecule has 0 saturated heterocycles. The maximum atomic E-state index is 13.2. The molecule has 0 aliphatic carbocycles. The van der Waals surface area contributed by atoms with E-state index in [9.17, 15) is 18.4 Å². The summed E-state index contributed by atoms with van der Waals surface area (Å²) in [6, 6.07) is 15.1. The van der Waals surface area contributed by atoms with E-state index in [0.29, 0.717) is 16.9 Å². The van der Waals surface area contributed by atoms with E-state index in [1.165, 1.54) is 23.9 Å². The van der Waals surface area contributed by atoms with Crippen LogP contribution in [0.15, 0.2) is 70.6 Å². The second kappa shape index (κ2) is 9.71. The summed E-state index contributed by atoms with van der Waals surface area (Å²) in [4.78, 5) is 32.7. The topological polar surface area (TPSA) is 71.5 Å². The molecule has 3 aromatic rings. The van der Waals surface area contributed by atoms with Crippen molar-refractivity contribution >= 4 is 35.0 Å². The Balaban J connectivity index is 1.62. The third-order valence-corrected chi connectivity index (χ3v) is 5.84. The van der Waals surface area contributed by atoms with Gasteiger partial charge in [-0.25, -0.2) is 4.98 Å². The fourth-order valence-corrected chi connectivity index (χ4v) is 4.31. The Kier molecular flexibility index (Phi) is 6.56. The molecule has 0 fully saturated rings. The van der Waals surface area contributed by atoms with Crippen LogP contribution in [-0.2, 0) is 0 Å². The molecule has 1 aliphatic heterocycles. The number of nitrogens with zero attached hydrogens (tertiary/aromatic N) is 2. The van der Waals surface area contributed by atoms with Crippen LogP contribution in [0, 0.1) is 11.8 Å². The minimum absolute atomic E-state index is 0.145. The lowest BCUT2D eigenvalue weighted by Gasteiger charge is -2.21. The minimum atomic E-state index is -2.99. The first-order chi connectivity index (χ1) is 16.0. The largest absolute Gasteiger partial charge is 0.417 e. The SMILES string of the molecule is CC#CCN1C(=O)c2ccccc2Sc2cc(NC(=O)c3ccc(OC(F)F)nc3)ccc21. The first-order valence-electron chi connectivity index (χ1n) is 9.81. The Morgan fingerprint density at radius 3 is 2.73 bits per heavy atom. The average Bonchev–Trinajstić information content (AvgIpc) is 2.91. The number of nitrogens with one attached hydrogen (secondary N) is 1. The number of rotatable bonds is 5. The molecule has 33 heavy (non-hydrogen) atoms. The molecular formula is C24H17F2N3O3S. The van der Waals surface area contributed by atoms with Crippen LogP contribution in [0.3, 0.4) is 0 Å². The molecule has 0 unspecified atom stereocenters. The van der Waals surface area contributed by atoms with Gasteiger partial charge in [0.2, 0.25) is 5.88 Å². The monoisotopic (exact) mass is 465 g/mol. The van der Waals surface area contributed by atoms with Crippen molar-refractivity contribution in [3.05, 3.63) is 71.9 Å². The van der Waals surface area contributed by atoms with Gasteiger partial charge < -0.3 is 10.1 Å². The number of anilines is 2. The molecule has 1 aromatic heterocycles. The maximum absolute atomic E-state index is 13.2. The molecule has 0 bridgehead atoms. The first kappa shape index (κ1) is 22.3. The van der Waals surface area contributed by atoms with Gasteiger partial charge in [0.1, 0.15) is 0 Å². The summed E-state index contributed by atoms with van der Waals surface area (Å²) < 4.78 is 28.7. The van der Waals surface area contributed by atoms with E-state index in [4.69, 9.17) is 0 Å². The molecule has 1 aliphatic rings. The Labute approximate surface area is 193 Å². The van der Waals surface area contributed by atoms with E-state index < -0.39 is 12.5 Å². The summed E-state index contributed by atoms with van der Waals surface area (Å²) in [5.41, 5.74) is 1.96. The van der Waals surface area contributed by atoms with E-state index in [-0.39, 0.29) is 23.9 Å². The second-order valence-corrected chi connectivity index (χ2v) is 7.90. The van der Waals surface area contributed by atoms with Gasteiger partial charge in [-0.2, -0.15) is 8.78 Å². The number of amides is 2. The van der Waals surface area contributed by atoms with Crippen LogP contribution in [0.1, 0.15) is 27.6 Å². The predicted octanol–water partition coefficient (Wildman–Crippen LogP) is 5.07. The van der Waals surface area contributed by atoms with Crippen molar-refractivity contribution in [2.75, 3.05) is 16.8 Å². The van der Waals surface area contributed by atoms with E-state index >= 15 is 0 Å². The Morgan fingerprint density at radius 1 is 1.18 bits per heavy atom. The molecule has 4 rings (SSSR count). The molecule has 166 valence electrons. The lowest BCUT2D eigenvalue weighted by atomic mass is 10.1. The highest BCUT2D eigenvalue weighted by atomic mass is 32.2. The number of hydrogen-bond acceptors (Lipinski definition) is 5. The van der Waals surface area contributed by atoms with Gasteiger partial charge in [-0.1, -0.05) is 29.8 Å². The molecule has 2 amide bonds. The summed E-state index contributed by atoms with van der Waals surface area (Å²) in [7, 11) is 0. The van der Waals surface area contributed by atoms with Gasteiger partial charge >= 0.3 is 6.61 Å². The fourth-order valence-electron chi connectivity index (χ4n) is 3.20. The number of pyridine rings is 1. The zero-order valence-corrected chi connectivity index (χ0v) is 18.2. The second-order valence-electron chi connectivity index (χ2n) is 6.82. The molecule has 0 spiro atoms. The molecule has 0 radical (unpaired) electrons. The highest BCUT2D eigenvalue weighted by molar-refractivity contribution is 7.99. The fraction of sp³-hybridized carbons (Fsp3) is 0.125. The summed E-state index contributed by atoms with van der Waals surface area (Å²) in [5.74, 6) is 4.88. The summed E-state index contributed by atoms with van der Waals surface area (Å²) in [6.45, 7) is -1.04. The van der Waals surface area contributed by atoms with Crippen molar-refractivity contribution in [3.63, 3.8) is 0 Å². The zero-order chi connectivity index (χ0) is 23.4. The highest BCUT2D eigenvalue weighted by Crippen LogP contribution is 2.42. The number of carbonyl (C=O) groups excluding carboxylic acids is 2. The number of alkyl halides is 2. The lowest BCUT2D eigenvalue weighted by Crippen LogP contribution is -2.31. The third-order valence-electron chi connectivity index (χ3n) is 4.71. The predicted molar refractivity (Wildman–Crippen MR) is 121 cm³/mol. The molecule has 1 N–H and O–H groups in total. The van der Waals surface area contributed by atoms with Crippen LogP contribution in [-0.4, -0.2) is 30.0 Å². The third kappa shape index (κ3) is 4.96. The number of benzene rings is 2. The van der Waals surface area contributed by atoms with Crippen molar-refractivity contribution in [1.29, 1.82) is 0 Å². The smallest absolute Gasteiger partial charge is 0.388 e. The first-order valence-corrected chi connectivity index (χ1v) is 10.6. The molecule has 0 atom stereocenters. The zero-order valence-electron chi connectivity index (χ0n) is 17.3. The van der Waals surface area contributed by atoms with Gasteiger partial charge in [0, 0.05) is 27.7 Å². The normalized spacial score (nSPS) is 12.2. The van der Waals surface area contributed by atoms with Gasteiger partial charge in [0.15, 0.2) is 0 Å². The van der Waals surface area contributed by atoms with E-state index in [1.807, 2.05) is 18.2 Å². The Bertz CT molecular complexity index is 1270.